The lowest BCUT2D eigenvalue weighted by molar-refractivity contribution is -0.116. The highest BCUT2D eigenvalue weighted by Gasteiger charge is 2.13. The summed E-state index contributed by atoms with van der Waals surface area (Å²) in [4.78, 5) is 27.7. The molecule has 1 heterocycles. The van der Waals surface area contributed by atoms with Crippen molar-refractivity contribution in [3.05, 3.63) is 60.4 Å². The van der Waals surface area contributed by atoms with Gasteiger partial charge in [0.2, 0.25) is 5.91 Å². The van der Waals surface area contributed by atoms with Gasteiger partial charge < -0.3 is 10.6 Å². The van der Waals surface area contributed by atoms with Crippen LogP contribution >= 0.6 is 0 Å². The van der Waals surface area contributed by atoms with Gasteiger partial charge in [-0.1, -0.05) is 18.2 Å². The van der Waals surface area contributed by atoms with Gasteiger partial charge in [0.05, 0.1) is 0 Å². The average molecular weight is 283 g/mol. The Morgan fingerprint density at radius 3 is 2.43 bits per heavy atom. The Morgan fingerprint density at radius 2 is 1.76 bits per heavy atom. The summed E-state index contributed by atoms with van der Waals surface area (Å²) < 4.78 is 0. The van der Waals surface area contributed by atoms with E-state index < -0.39 is 0 Å². The number of pyridine rings is 1. The van der Waals surface area contributed by atoms with Gasteiger partial charge in [0, 0.05) is 36.1 Å². The SMILES string of the molecule is C[C@H](CC(=O)Nc1ccncc1)NC(=O)c1ccccc1. The number of nitrogens with zero attached hydrogens (tertiary/aromatic N) is 1. The Balaban J connectivity index is 1.83. The summed E-state index contributed by atoms with van der Waals surface area (Å²) in [5.41, 5.74) is 1.27. The van der Waals surface area contributed by atoms with E-state index in [1.807, 2.05) is 6.07 Å². The Hall–Kier alpha value is -2.69. The lowest BCUT2D eigenvalue weighted by Crippen LogP contribution is -2.35. The van der Waals surface area contributed by atoms with Gasteiger partial charge in [-0.15, -0.1) is 0 Å². The number of carbonyl (C=O) groups is 2. The molecule has 0 aliphatic heterocycles. The highest BCUT2D eigenvalue weighted by Crippen LogP contribution is 2.05. The molecule has 0 fully saturated rings. The Kier molecular flexibility index (Phi) is 5.04. The van der Waals surface area contributed by atoms with Crippen molar-refractivity contribution in [2.75, 3.05) is 5.32 Å². The molecule has 2 amide bonds. The summed E-state index contributed by atoms with van der Waals surface area (Å²) in [5.74, 6) is -0.332. The topological polar surface area (TPSA) is 71.1 Å². The van der Waals surface area contributed by atoms with Crippen LogP contribution in [0.2, 0.25) is 0 Å². The lowest BCUT2D eigenvalue weighted by Gasteiger charge is -2.13. The van der Waals surface area contributed by atoms with Crippen LogP contribution in [0.25, 0.3) is 0 Å². The molecular weight excluding hydrogens is 266 g/mol. The quantitative estimate of drug-likeness (QED) is 0.884. The maximum Gasteiger partial charge on any atom is 0.251 e. The standard InChI is InChI=1S/C16H17N3O2/c1-12(18-16(21)13-5-3-2-4-6-13)11-15(20)19-14-7-9-17-10-8-14/h2-10,12H,11H2,1H3,(H,18,21)(H,17,19,20)/t12-/m1/s1. The minimum Gasteiger partial charge on any atom is -0.349 e. The molecule has 5 nitrogen and oxygen atoms in total. The Morgan fingerprint density at radius 1 is 1.10 bits per heavy atom. The van der Waals surface area contributed by atoms with E-state index in [4.69, 9.17) is 0 Å². The highest BCUT2D eigenvalue weighted by atomic mass is 16.2. The largest absolute Gasteiger partial charge is 0.349 e. The third-order valence-electron chi connectivity index (χ3n) is 2.87. The minimum atomic E-state index is -0.250. The van der Waals surface area contributed by atoms with E-state index in [2.05, 4.69) is 15.6 Å². The van der Waals surface area contributed by atoms with Gasteiger partial charge >= 0.3 is 0 Å². The van der Waals surface area contributed by atoms with Crippen LogP contribution in [0.4, 0.5) is 5.69 Å². The summed E-state index contributed by atoms with van der Waals surface area (Å²) in [6.45, 7) is 1.80. The maximum atomic E-state index is 11.9. The second-order valence-electron chi connectivity index (χ2n) is 4.73. The number of aromatic nitrogens is 1. The van der Waals surface area contributed by atoms with E-state index in [0.717, 1.165) is 0 Å². The molecule has 108 valence electrons. The molecule has 2 aromatic rings. The average Bonchev–Trinajstić information content (AvgIpc) is 2.48. The molecule has 0 saturated heterocycles. The van der Waals surface area contributed by atoms with E-state index in [-0.39, 0.29) is 24.3 Å². The molecule has 0 unspecified atom stereocenters. The van der Waals surface area contributed by atoms with Gasteiger partial charge in [0.25, 0.3) is 5.91 Å². The Labute approximate surface area is 123 Å². The normalized spacial score (nSPS) is 11.5. The van der Waals surface area contributed by atoms with Crippen molar-refractivity contribution in [2.24, 2.45) is 0 Å². The van der Waals surface area contributed by atoms with Crippen LogP contribution in [0.1, 0.15) is 23.7 Å². The number of benzene rings is 1. The lowest BCUT2D eigenvalue weighted by atomic mass is 10.1. The predicted octanol–water partition coefficient (Wildman–Crippen LogP) is 2.23. The first-order valence-electron chi connectivity index (χ1n) is 6.71. The van der Waals surface area contributed by atoms with Gasteiger partial charge in [-0.3, -0.25) is 14.6 Å². The van der Waals surface area contributed by atoms with Crippen LogP contribution in [-0.2, 0) is 4.79 Å². The van der Waals surface area contributed by atoms with Crippen molar-refractivity contribution in [3.63, 3.8) is 0 Å². The molecule has 1 aromatic carbocycles. The third kappa shape index (κ3) is 4.72. The number of hydrogen-bond donors (Lipinski definition) is 2. The van der Waals surface area contributed by atoms with Crippen molar-refractivity contribution in [1.82, 2.24) is 10.3 Å². The number of amides is 2. The molecule has 1 aromatic heterocycles. The van der Waals surface area contributed by atoms with Crippen LogP contribution in [-0.4, -0.2) is 22.8 Å². The van der Waals surface area contributed by atoms with E-state index in [0.29, 0.717) is 11.3 Å². The molecule has 0 aliphatic carbocycles. The number of hydrogen-bond acceptors (Lipinski definition) is 3. The summed E-state index contributed by atoms with van der Waals surface area (Å²) in [6, 6.07) is 12.1. The highest BCUT2D eigenvalue weighted by molar-refractivity contribution is 5.95. The predicted molar refractivity (Wildman–Crippen MR) is 80.9 cm³/mol. The third-order valence-corrected chi connectivity index (χ3v) is 2.87. The molecule has 5 heteroatoms. The Bertz CT molecular complexity index is 599. The second-order valence-corrected chi connectivity index (χ2v) is 4.73. The maximum absolute atomic E-state index is 11.9. The number of rotatable bonds is 5. The minimum absolute atomic E-state index is 0.151. The molecule has 0 aliphatic rings. The van der Waals surface area contributed by atoms with Crippen LogP contribution in [0, 0.1) is 0 Å². The first-order chi connectivity index (χ1) is 10.1. The summed E-state index contributed by atoms with van der Waals surface area (Å²) in [5, 5.41) is 5.56. The van der Waals surface area contributed by atoms with Crippen molar-refractivity contribution in [1.29, 1.82) is 0 Å². The fourth-order valence-electron chi connectivity index (χ4n) is 1.87. The molecule has 21 heavy (non-hydrogen) atoms. The second kappa shape index (κ2) is 7.19. The van der Waals surface area contributed by atoms with Crippen molar-refractivity contribution in [2.45, 2.75) is 19.4 Å². The van der Waals surface area contributed by atoms with E-state index >= 15 is 0 Å². The van der Waals surface area contributed by atoms with Gasteiger partial charge in [0.15, 0.2) is 0 Å². The van der Waals surface area contributed by atoms with Crippen LogP contribution < -0.4 is 10.6 Å². The van der Waals surface area contributed by atoms with E-state index in [9.17, 15) is 9.59 Å². The number of carbonyl (C=O) groups excluding carboxylic acids is 2. The molecule has 2 rings (SSSR count). The molecule has 2 N–H and O–H groups in total. The van der Waals surface area contributed by atoms with Crippen LogP contribution in [0.5, 0.6) is 0 Å². The molecule has 0 radical (unpaired) electrons. The van der Waals surface area contributed by atoms with Crippen molar-refractivity contribution >= 4 is 17.5 Å². The monoisotopic (exact) mass is 283 g/mol. The summed E-state index contributed by atoms with van der Waals surface area (Å²) in [6.07, 6.45) is 3.42. The molecule has 0 spiro atoms. The summed E-state index contributed by atoms with van der Waals surface area (Å²) in [7, 11) is 0. The number of anilines is 1. The van der Waals surface area contributed by atoms with Gasteiger partial charge in [0.1, 0.15) is 0 Å². The molecule has 0 bridgehead atoms. The van der Waals surface area contributed by atoms with Gasteiger partial charge in [-0.2, -0.15) is 0 Å². The zero-order valence-electron chi connectivity index (χ0n) is 11.7. The van der Waals surface area contributed by atoms with E-state index in [1.54, 1.807) is 55.7 Å². The molecule has 1 atom stereocenters. The molecule has 0 saturated carbocycles. The van der Waals surface area contributed by atoms with E-state index in [1.165, 1.54) is 0 Å². The summed E-state index contributed by atoms with van der Waals surface area (Å²) >= 11 is 0. The van der Waals surface area contributed by atoms with Crippen LogP contribution in [0.3, 0.4) is 0 Å². The number of nitrogens with one attached hydrogen (secondary N) is 2. The molecular formula is C16H17N3O2. The van der Waals surface area contributed by atoms with Crippen LogP contribution in [0.15, 0.2) is 54.9 Å². The first-order valence-corrected chi connectivity index (χ1v) is 6.71. The van der Waals surface area contributed by atoms with Crippen molar-refractivity contribution in [3.8, 4) is 0 Å². The fraction of sp³-hybridized carbons (Fsp3) is 0.188. The van der Waals surface area contributed by atoms with Gasteiger partial charge in [-0.05, 0) is 31.2 Å². The fourth-order valence-corrected chi connectivity index (χ4v) is 1.87. The first kappa shape index (κ1) is 14.7. The smallest absolute Gasteiger partial charge is 0.251 e. The zero-order valence-corrected chi connectivity index (χ0v) is 11.7. The van der Waals surface area contributed by atoms with Gasteiger partial charge in [-0.25, -0.2) is 0 Å². The zero-order chi connectivity index (χ0) is 15.1. The van der Waals surface area contributed by atoms with Crippen molar-refractivity contribution < 1.29 is 9.59 Å².